The zero-order valence-corrected chi connectivity index (χ0v) is 18.4. The van der Waals surface area contributed by atoms with E-state index in [4.69, 9.17) is 17.0 Å². The summed E-state index contributed by atoms with van der Waals surface area (Å²) in [5.74, 6) is 0.193. The van der Waals surface area contributed by atoms with Crippen molar-refractivity contribution in [1.82, 2.24) is 20.3 Å². The van der Waals surface area contributed by atoms with E-state index in [0.717, 1.165) is 11.4 Å². The molecule has 0 saturated carbocycles. The molecule has 0 atom stereocenters. The maximum atomic E-state index is 12.6. The smallest absolute Gasteiger partial charge is 0.273 e. The van der Waals surface area contributed by atoms with Gasteiger partial charge in [0.25, 0.3) is 11.6 Å². The number of amides is 1. The number of nitrogens with zero attached hydrogens (tertiary/aromatic N) is 4. The lowest BCUT2D eigenvalue weighted by molar-refractivity contribution is -0.385. The Morgan fingerprint density at radius 2 is 1.82 bits per heavy atom. The number of thiocarbonyl (C=S) groups is 1. The van der Waals surface area contributed by atoms with E-state index in [0.29, 0.717) is 16.7 Å². The van der Waals surface area contributed by atoms with Gasteiger partial charge in [-0.1, -0.05) is 6.07 Å². The van der Waals surface area contributed by atoms with Crippen molar-refractivity contribution in [3.63, 3.8) is 0 Å². The molecule has 33 heavy (non-hydrogen) atoms. The number of fused-ring (bicyclic) bond motifs is 1. The van der Waals surface area contributed by atoms with Crippen LogP contribution < -0.4 is 15.4 Å². The van der Waals surface area contributed by atoms with Crippen molar-refractivity contribution in [3.8, 4) is 11.4 Å². The molecule has 4 aromatic rings. The summed E-state index contributed by atoms with van der Waals surface area (Å²) in [5, 5.41) is 25.6. The number of carbonyl (C=O) groups is 1. The van der Waals surface area contributed by atoms with Crippen molar-refractivity contribution >= 4 is 45.6 Å². The first-order valence-corrected chi connectivity index (χ1v) is 10.1. The third kappa shape index (κ3) is 4.62. The van der Waals surface area contributed by atoms with Crippen LogP contribution in [0.15, 0.2) is 60.7 Å². The van der Waals surface area contributed by atoms with Gasteiger partial charge in [0.1, 0.15) is 16.8 Å². The number of nitrogens with one attached hydrogen (secondary N) is 2. The number of benzene rings is 3. The molecule has 0 aliphatic carbocycles. The normalized spacial score (nSPS) is 10.6. The minimum Gasteiger partial charge on any atom is -0.497 e. The molecule has 0 aliphatic rings. The molecule has 1 heterocycles. The van der Waals surface area contributed by atoms with Gasteiger partial charge in [-0.15, -0.1) is 10.2 Å². The second kappa shape index (κ2) is 9.01. The van der Waals surface area contributed by atoms with Crippen LogP contribution in [0, 0.1) is 17.0 Å². The molecule has 0 fully saturated rings. The van der Waals surface area contributed by atoms with E-state index in [9.17, 15) is 14.9 Å². The highest BCUT2D eigenvalue weighted by atomic mass is 32.1. The molecule has 0 unspecified atom stereocenters. The lowest BCUT2D eigenvalue weighted by Gasteiger charge is -2.11. The summed E-state index contributed by atoms with van der Waals surface area (Å²) >= 11 is 5.24. The monoisotopic (exact) mass is 462 g/mol. The minimum atomic E-state index is -0.541. The Hall–Kier alpha value is -4.38. The standard InChI is InChI=1S/C22H18N6O4S/c1-13-17(4-3-5-20(13)28(30)31)21(29)24-22(33)23-14-6-11-18-19(12-14)26-27(25-18)15-7-9-16(32-2)10-8-15/h3-12H,1-2H3,(H2,23,24,29,33). The van der Waals surface area contributed by atoms with E-state index < -0.39 is 10.8 Å². The van der Waals surface area contributed by atoms with E-state index in [-0.39, 0.29) is 21.9 Å². The van der Waals surface area contributed by atoms with Crippen LogP contribution in [0.1, 0.15) is 15.9 Å². The number of aromatic nitrogens is 3. The van der Waals surface area contributed by atoms with Crippen LogP contribution in [0.3, 0.4) is 0 Å². The van der Waals surface area contributed by atoms with Crippen molar-refractivity contribution in [1.29, 1.82) is 0 Å². The number of nitro groups is 1. The third-order valence-corrected chi connectivity index (χ3v) is 5.12. The number of rotatable bonds is 5. The van der Waals surface area contributed by atoms with E-state index in [1.54, 1.807) is 25.3 Å². The van der Waals surface area contributed by atoms with Crippen LogP contribution in [0.4, 0.5) is 11.4 Å². The number of methoxy groups -OCH3 is 1. The van der Waals surface area contributed by atoms with Crippen molar-refractivity contribution in [2.24, 2.45) is 0 Å². The SMILES string of the molecule is COc1ccc(-n2nc3ccc(NC(=S)NC(=O)c4cccc([N+](=O)[O-])c4C)cc3n2)cc1. The van der Waals surface area contributed by atoms with Crippen LogP contribution in [0.5, 0.6) is 5.75 Å². The Bertz CT molecular complexity index is 1380. The van der Waals surface area contributed by atoms with Gasteiger partial charge in [0.05, 0.1) is 17.7 Å². The average Bonchev–Trinajstić information content (AvgIpc) is 3.22. The minimum absolute atomic E-state index is 0.0489. The number of anilines is 1. The molecule has 0 saturated heterocycles. The van der Waals surface area contributed by atoms with Crippen molar-refractivity contribution in [3.05, 3.63) is 81.9 Å². The van der Waals surface area contributed by atoms with Gasteiger partial charge in [-0.2, -0.15) is 4.80 Å². The summed E-state index contributed by atoms with van der Waals surface area (Å²) in [5.41, 5.74) is 2.98. The lowest BCUT2D eigenvalue weighted by atomic mass is 10.1. The Kier molecular flexibility index (Phi) is 5.96. The zero-order chi connectivity index (χ0) is 23.5. The summed E-state index contributed by atoms with van der Waals surface area (Å²) in [7, 11) is 1.60. The van der Waals surface area contributed by atoms with Gasteiger partial charge in [0, 0.05) is 22.9 Å². The molecular formula is C22H18N6O4S. The zero-order valence-electron chi connectivity index (χ0n) is 17.6. The molecular weight excluding hydrogens is 444 g/mol. The highest BCUT2D eigenvalue weighted by Crippen LogP contribution is 2.22. The maximum absolute atomic E-state index is 12.6. The second-order valence-corrected chi connectivity index (χ2v) is 7.41. The topological polar surface area (TPSA) is 124 Å². The van der Waals surface area contributed by atoms with Gasteiger partial charge in [-0.25, -0.2) is 0 Å². The molecule has 11 heteroatoms. The summed E-state index contributed by atoms with van der Waals surface area (Å²) in [6.45, 7) is 1.52. The quantitative estimate of drug-likeness (QED) is 0.261. The highest BCUT2D eigenvalue weighted by molar-refractivity contribution is 7.80. The number of ether oxygens (including phenoxy) is 1. The van der Waals surface area contributed by atoms with Gasteiger partial charge in [-0.05, 0) is 67.7 Å². The summed E-state index contributed by atoms with van der Waals surface area (Å²) in [4.78, 5) is 24.7. The summed E-state index contributed by atoms with van der Waals surface area (Å²) in [6.07, 6.45) is 0. The van der Waals surface area contributed by atoms with E-state index >= 15 is 0 Å². The first-order chi connectivity index (χ1) is 15.9. The largest absolute Gasteiger partial charge is 0.497 e. The molecule has 1 aromatic heterocycles. The molecule has 4 rings (SSSR count). The van der Waals surface area contributed by atoms with Gasteiger partial charge >= 0.3 is 0 Å². The number of hydrogen-bond donors (Lipinski definition) is 2. The molecule has 0 spiro atoms. The molecule has 2 N–H and O–H groups in total. The predicted molar refractivity (Wildman–Crippen MR) is 127 cm³/mol. The van der Waals surface area contributed by atoms with Crippen LogP contribution >= 0.6 is 12.2 Å². The van der Waals surface area contributed by atoms with E-state index in [1.807, 2.05) is 24.3 Å². The number of nitro benzene ring substituents is 1. The molecule has 1 amide bonds. The molecule has 0 radical (unpaired) electrons. The first-order valence-electron chi connectivity index (χ1n) is 9.73. The fourth-order valence-corrected chi connectivity index (χ4v) is 3.43. The Balaban J connectivity index is 1.48. The van der Waals surface area contributed by atoms with Gasteiger partial charge in [-0.3, -0.25) is 20.2 Å². The number of hydrogen-bond acceptors (Lipinski definition) is 7. The van der Waals surface area contributed by atoms with Gasteiger partial charge in [0.15, 0.2) is 5.11 Å². The maximum Gasteiger partial charge on any atom is 0.273 e. The predicted octanol–water partition coefficient (Wildman–Crippen LogP) is 3.77. The molecule has 0 bridgehead atoms. The lowest BCUT2D eigenvalue weighted by Crippen LogP contribution is -2.34. The van der Waals surface area contributed by atoms with Crippen molar-refractivity contribution in [2.45, 2.75) is 6.92 Å². The van der Waals surface area contributed by atoms with Crippen LogP contribution in [-0.4, -0.2) is 38.0 Å². The third-order valence-electron chi connectivity index (χ3n) is 4.92. The second-order valence-electron chi connectivity index (χ2n) is 7.01. The van der Waals surface area contributed by atoms with Gasteiger partial charge in [0.2, 0.25) is 0 Å². The Morgan fingerprint density at radius 3 is 2.52 bits per heavy atom. The summed E-state index contributed by atoms with van der Waals surface area (Å²) in [6, 6.07) is 16.9. The molecule has 0 aliphatic heterocycles. The average molecular weight is 462 g/mol. The molecule has 3 aromatic carbocycles. The number of carbonyl (C=O) groups excluding carboxylic acids is 1. The fourth-order valence-electron chi connectivity index (χ4n) is 3.22. The highest BCUT2D eigenvalue weighted by Gasteiger charge is 2.18. The van der Waals surface area contributed by atoms with Gasteiger partial charge < -0.3 is 10.1 Å². The van der Waals surface area contributed by atoms with Crippen LogP contribution in [-0.2, 0) is 0 Å². The molecule has 166 valence electrons. The van der Waals surface area contributed by atoms with Crippen LogP contribution in [0.25, 0.3) is 16.7 Å². The van der Waals surface area contributed by atoms with E-state index in [2.05, 4.69) is 20.8 Å². The first kappa shape index (κ1) is 21.8. The molecule has 10 nitrogen and oxygen atoms in total. The van der Waals surface area contributed by atoms with Crippen molar-refractivity contribution in [2.75, 3.05) is 12.4 Å². The van der Waals surface area contributed by atoms with Crippen LogP contribution in [0.2, 0.25) is 0 Å². The summed E-state index contributed by atoms with van der Waals surface area (Å²) < 4.78 is 5.16. The Labute approximate surface area is 193 Å². The van der Waals surface area contributed by atoms with Crippen molar-refractivity contribution < 1.29 is 14.5 Å². The van der Waals surface area contributed by atoms with E-state index in [1.165, 1.54) is 29.9 Å². The fraction of sp³-hybridized carbons (Fsp3) is 0.0909. The Morgan fingerprint density at radius 1 is 1.09 bits per heavy atom.